The number of carboxylic acid groups (broad SMARTS) is 1. The molecule has 0 aromatic rings. The Balaban J connectivity index is 2.90. The summed E-state index contributed by atoms with van der Waals surface area (Å²) in [4.78, 5) is 10.2. The van der Waals surface area contributed by atoms with Gasteiger partial charge in [-0.3, -0.25) is 4.79 Å². The second kappa shape index (κ2) is 12.5. The van der Waals surface area contributed by atoms with Gasteiger partial charge in [0.2, 0.25) is 0 Å². The summed E-state index contributed by atoms with van der Waals surface area (Å²) in [6.45, 7) is 3.90. The maximum Gasteiger partial charge on any atom is 0.303 e. The van der Waals surface area contributed by atoms with Crippen LogP contribution in [-0.4, -0.2) is 24.3 Å². The van der Waals surface area contributed by atoms with E-state index in [2.05, 4.69) is 6.92 Å². The quantitative estimate of drug-likeness (QED) is 0.521. The zero-order valence-corrected chi connectivity index (χ0v) is 10.5. The van der Waals surface area contributed by atoms with Crippen LogP contribution in [0.4, 0.5) is 0 Å². The number of carboxylic acids is 1. The molecule has 0 saturated heterocycles. The van der Waals surface area contributed by atoms with Crippen LogP contribution >= 0.6 is 0 Å². The minimum atomic E-state index is -0.673. The second-order valence-corrected chi connectivity index (χ2v) is 4.23. The number of carbonyl (C=O) groups is 1. The molecule has 96 valence electrons. The van der Waals surface area contributed by atoms with Crippen molar-refractivity contribution in [2.45, 2.75) is 64.7 Å². The van der Waals surface area contributed by atoms with Crippen LogP contribution < -0.4 is 0 Å². The highest BCUT2D eigenvalue weighted by molar-refractivity contribution is 5.66. The molecule has 0 aromatic heterocycles. The molecule has 1 N–H and O–H groups in total. The van der Waals surface area contributed by atoms with Crippen molar-refractivity contribution < 1.29 is 14.6 Å². The van der Waals surface area contributed by atoms with E-state index in [1.807, 2.05) is 0 Å². The fourth-order valence-electron chi connectivity index (χ4n) is 1.61. The van der Waals surface area contributed by atoms with Gasteiger partial charge in [0.15, 0.2) is 0 Å². The Morgan fingerprint density at radius 3 is 2.06 bits per heavy atom. The number of hydrogen-bond acceptors (Lipinski definition) is 2. The van der Waals surface area contributed by atoms with Gasteiger partial charge in [0.1, 0.15) is 0 Å². The predicted octanol–water partition coefficient (Wildman–Crippen LogP) is 3.62. The molecule has 0 atom stereocenters. The van der Waals surface area contributed by atoms with Crippen molar-refractivity contribution >= 4 is 5.97 Å². The molecule has 16 heavy (non-hydrogen) atoms. The number of rotatable bonds is 12. The van der Waals surface area contributed by atoms with Crippen LogP contribution in [0.1, 0.15) is 64.7 Å². The Hall–Kier alpha value is -0.570. The lowest BCUT2D eigenvalue weighted by atomic mass is 10.1. The van der Waals surface area contributed by atoms with E-state index in [0.29, 0.717) is 6.42 Å². The van der Waals surface area contributed by atoms with Gasteiger partial charge < -0.3 is 9.84 Å². The monoisotopic (exact) mass is 230 g/mol. The topological polar surface area (TPSA) is 46.5 Å². The van der Waals surface area contributed by atoms with E-state index >= 15 is 0 Å². The molecule has 0 aliphatic heterocycles. The van der Waals surface area contributed by atoms with Gasteiger partial charge >= 0.3 is 5.97 Å². The van der Waals surface area contributed by atoms with Crippen molar-refractivity contribution in [1.82, 2.24) is 0 Å². The summed E-state index contributed by atoms with van der Waals surface area (Å²) in [6.07, 6.45) is 9.36. The van der Waals surface area contributed by atoms with Crippen LogP contribution in [0, 0.1) is 0 Å². The van der Waals surface area contributed by atoms with E-state index in [-0.39, 0.29) is 0 Å². The number of unbranched alkanes of at least 4 members (excludes halogenated alkanes) is 6. The molecule has 0 rings (SSSR count). The van der Waals surface area contributed by atoms with Crippen LogP contribution in [0.3, 0.4) is 0 Å². The molecule has 0 spiro atoms. The van der Waals surface area contributed by atoms with Gasteiger partial charge in [-0.2, -0.15) is 0 Å². The van der Waals surface area contributed by atoms with E-state index in [4.69, 9.17) is 9.84 Å². The zero-order valence-electron chi connectivity index (χ0n) is 10.5. The molecule has 0 amide bonds. The largest absolute Gasteiger partial charge is 0.481 e. The molecule has 0 aliphatic rings. The fraction of sp³-hybridized carbons (Fsp3) is 0.923. The van der Waals surface area contributed by atoms with E-state index in [1.165, 1.54) is 25.7 Å². The summed E-state index contributed by atoms with van der Waals surface area (Å²) >= 11 is 0. The zero-order chi connectivity index (χ0) is 12.1. The highest BCUT2D eigenvalue weighted by Gasteiger charge is 1.96. The molecular formula is C13H26O3. The van der Waals surface area contributed by atoms with E-state index in [9.17, 15) is 4.79 Å². The minimum absolute atomic E-state index is 0.324. The Bertz CT molecular complexity index is 157. The summed E-state index contributed by atoms with van der Waals surface area (Å²) < 4.78 is 5.39. The van der Waals surface area contributed by atoms with Crippen LogP contribution in [0.15, 0.2) is 0 Å². The lowest BCUT2D eigenvalue weighted by molar-refractivity contribution is -0.137. The van der Waals surface area contributed by atoms with E-state index in [1.54, 1.807) is 0 Å². The number of hydrogen-bond donors (Lipinski definition) is 1. The molecule has 0 fully saturated rings. The van der Waals surface area contributed by atoms with Gasteiger partial charge in [-0.15, -0.1) is 0 Å². The molecule has 0 unspecified atom stereocenters. The van der Waals surface area contributed by atoms with Gasteiger partial charge in [-0.05, 0) is 19.3 Å². The molecular weight excluding hydrogens is 204 g/mol. The average Bonchev–Trinajstić information content (AvgIpc) is 2.25. The van der Waals surface area contributed by atoms with Crippen molar-refractivity contribution in [3.05, 3.63) is 0 Å². The Kier molecular flexibility index (Phi) is 12.1. The summed E-state index contributed by atoms with van der Waals surface area (Å²) in [6, 6.07) is 0. The Labute approximate surface area is 99.2 Å². The molecule has 0 bridgehead atoms. The maximum atomic E-state index is 10.2. The summed E-state index contributed by atoms with van der Waals surface area (Å²) in [5, 5.41) is 8.44. The Morgan fingerprint density at radius 1 is 0.938 bits per heavy atom. The van der Waals surface area contributed by atoms with Crippen LogP contribution in [-0.2, 0) is 9.53 Å². The van der Waals surface area contributed by atoms with Crippen molar-refractivity contribution in [2.75, 3.05) is 13.2 Å². The van der Waals surface area contributed by atoms with Gasteiger partial charge in [-0.25, -0.2) is 0 Å². The van der Waals surface area contributed by atoms with Gasteiger partial charge in [0, 0.05) is 19.6 Å². The summed E-state index contributed by atoms with van der Waals surface area (Å²) in [5.41, 5.74) is 0. The molecule has 0 saturated carbocycles. The first-order valence-electron chi connectivity index (χ1n) is 6.57. The van der Waals surface area contributed by atoms with E-state index < -0.39 is 5.97 Å². The highest BCUT2D eigenvalue weighted by atomic mass is 16.5. The van der Waals surface area contributed by atoms with Crippen LogP contribution in [0.2, 0.25) is 0 Å². The van der Waals surface area contributed by atoms with Crippen molar-refractivity contribution in [3.63, 3.8) is 0 Å². The molecule has 0 heterocycles. The van der Waals surface area contributed by atoms with Gasteiger partial charge in [0.05, 0.1) is 0 Å². The molecule has 3 heteroatoms. The second-order valence-electron chi connectivity index (χ2n) is 4.23. The number of aliphatic carboxylic acids is 1. The predicted molar refractivity (Wildman–Crippen MR) is 65.7 cm³/mol. The van der Waals surface area contributed by atoms with Gasteiger partial charge in [0.25, 0.3) is 0 Å². The van der Waals surface area contributed by atoms with Crippen LogP contribution in [0.25, 0.3) is 0 Å². The molecule has 0 aliphatic carbocycles. The SMILES string of the molecule is CCCOCCCCCCCCCC(=O)O. The van der Waals surface area contributed by atoms with Crippen LogP contribution in [0.5, 0.6) is 0 Å². The summed E-state index contributed by atoms with van der Waals surface area (Å²) in [7, 11) is 0. The number of ether oxygens (including phenoxy) is 1. The minimum Gasteiger partial charge on any atom is -0.481 e. The van der Waals surface area contributed by atoms with Crippen molar-refractivity contribution in [3.8, 4) is 0 Å². The Morgan fingerprint density at radius 2 is 1.50 bits per heavy atom. The molecule has 0 aromatic carbocycles. The summed E-state index contributed by atoms with van der Waals surface area (Å²) in [5.74, 6) is -0.673. The third kappa shape index (κ3) is 13.4. The molecule has 0 radical (unpaired) electrons. The lowest BCUT2D eigenvalue weighted by Crippen LogP contribution is -1.95. The fourth-order valence-corrected chi connectivity index (χ4v) is 1.61. The van der Waals surface area contributed by atoms with Crippen molar-refractivity contribution in [1.29, 1.82) is 0 Å². The normalized spacial score (nSPS) is 10.6. The lowest BCUT2D eigenvalue weighted by Gasteiger charge is -2.02. The van der Waals surface area contributed by atoms with Crippen molar-refractivity contribution in [2.24, 2.45) is 0 Å². The first-order valence-corrected chi connectivity index (χ1v) is 6.57. The first kappa shape index (κ1) is 15.4. The van der Waals surface area contributed by atoms with Gasteiger partial charge in [-0.1, -0.05) is 39.0 Å². The third-order valence-electron chi connectivity index (χ3n) is 2.53. The highest BCUT2D eigenvalue weighted by Crippen LogP contribution is 2.08. The van der Waals surface area contributed by atoms with E-state index in [0.717, 1.165) is 38.9 Å². The molecule has 3 nitrogen and oxygen atoms in total. The average molecular weight is 230 g/mol. The standard InChI is InChI=1S/C13H26O3/c1-2-11-16-12-9-7-5-3-4-6-8-10-13(14)15/h2-12H2,1H3,(H,14,15). The maximum absolute atomic E-state index is 10.2. The first-order chi connectivity index (χ1) is 7.77. The smallest absolute Gasteiger partial charge is 0.303 e. The third-order valence-corrected chi connectivity index (χ3v) is 2.53.